The van der Waals surface area contributed by atoms with Gasteiger partial charge in [0, 0.05) is 11.6 Å². The van der Waals surface area contributed by atoms with Crippen molar-refractivity contribution in [1.82, 2.24) is 10.9 Å². The first-order valence-electron chi connectivity index (χ1n) is 8.23. The van der Waals surface area contributed by atoms with Gasteiger partial charge in [0.05, 0.1) is 5.56 Å². The van der Waals surface area contributed by atoms with Crippen LogP contribution in [0.2, 0.25) is 0 Å². The summed E-state index contributed by atoms with van der Waals surface area (Å²) in [6, 6.07) is 16.5. The summed E-state index contributed by atoms with van der Waals surface area (Å²) < 4.78 is 19.3. The standard InChI is InChI=1S/C21H17FN2O3/c1-14-6-2-3-7-16(14)21(26)24-23-20(25)13-11-15-10-12-19(27-15)17-8-4-5-9-18(17)22/h2-13H,1H3,(H,23,25)(H,24,26)/b13-11+. The SMILES string of the molecule is Cc1ccccc1C(=O)NNC(=O)/C=C/c1ccc(-c2ccccc2F)o1. The minimum atomic E-state index is -0.527. The van der Waals surface area contributed by atoms with Gasteiger partial charge in [-0.25, -0.2) is 4.39 Å². The molecule has 6 heteroatoms. The van der Waals surface area contributed by atoms with Gasteiger partial charge in [0.1, 0.15) is 17.3 Å². The van der Waals surface area contributed by atoms with Crippen molar-refractivity contribution in [2.45, 2.75) is 6.92 Å². The van der Waals surface area contributed by atoms with Crippen LogP contribution in [0.3, 0.4) is 0 Å². The van der Waals surface area contributed by atoms with Crippen molar-refractivity contribution >= 4 is 17.9 Å². The molecule has 2 aromatic carbocycles. The summed E-state index contributed by atoms with van der Waals surface area (Å²) in [6.07, 6.45) is 2.64. The number of amides is 2. The Morgan fingerprint density at radius 1 is 0.963 bits per heavy atom. The molecule has 3 rings (SSSR count). The second-order valence-electron chi connectivity index (χ2n) is 5.77. The van der Waals surface area contributed by atoms with E-state index in [0.29, 0.717) is 22.6 Å². The highest BCUT2D eigenvalue weighted by Gasteiger charge is 2.09. The lowest BCUT2D eigenvalue weighted by molar-refractivity contribution is -0.117. The number of rotatable bonds is 4. The number of hydrogen-bond donors (Lipinski definition) is 2. The molecule has 0 radical (unpaired) electrons. The number of hydrogen-bond acceptors (Lipinski definition) is 3. The van der Waals surface area contributed by atoms with Crippen LogP contribution in [0.1, 0.15) is 21.7 Å². The van der Waals surface area contributed by atoms with Crippen molar-refractivity contribution in [3.05, 3.63) is 89.4 Å². The fraction of sp³-hybridized carbons (Fsp3) is 0.0476. The molecular formula is C21H17FN2O3. The summed E-state index contributed by atoms with van der Waals surface area (Å²) in [6.45, 7) is 1.81. The van der Waals surface area contributed by atoms with E-state index in [2.05, 4.69) is 10.9 Å². The van der Waals surface area contributed by atoms with Crippen LogP contribution in [-0.2, 0) is 4.79 Å². The molecule has 3 aromatic rings. The van der Waals surface area contributed by atoms with Gasteiger partial charge in [-0.15, -0.1) is 0 Å². The van der Waals surface area contributed by atoms with Gasteiger partial charge in [0.15, 0.2) is 0 Å². The molecule has 0 aliphatic rings. The number of hydrazine groups is 1. The fourth-order valence-corrected chi connectivity index (χ4v) is 2.46. The molecule has 1 aromatic heterocycles. The molecule has 0 aliphatic carbocycles. The maximum absolute atomic E-state index is 13.8. The molecule has 1 heterocycles. The molecule has 27 heavy (non-hydrogen) atoms. The van der Waals surface area contributed by atoms with E-state index in [9.17, 15) is 14.0 Å². The Morgan fingerprint density at radius 2 is 1.70 bits per heavy atom. The zero-order valence-electron chi connectivity index (χ0n) is 14.5. The number of carbonyl (C=O) groups excluding carboxylic acids is 2. The summed E-state index contributed by atoms with van der Waals surface area (Å²) >= 11 is 0. The summed E-state index contributed by atoms with van der Waals surface area (Å²) in [5.41, 5.74) is 6.26. The third kappa shape index (κ3) is 4.49. The summed E-state index contributed by atoms with van der Waals surface area (Å²) in [5.74, 6) is -0.579. The molecule has 0 atom stereocenters. The van der Waals surface area contributed by atoms with Crippen molar-refractivity contribution in [3.8, 4) is 11.3 Å². The first-order valence-corrected chi connectivity index (χ1v) is 8.23. The Hall–Kier alpha value is -3.67. The van der Waals surface area contributed by atoms with E-state index in [1.165, 1.54) is 18.2 Å². The Labute approximate surface area is 155 Å². The predicted molar refractivity (Wildman–Crippen MR) is 99.9 cm³/mol. The van der Waals surface area contributed by atoms with Crippen LogP contribution in [0.5, 0.6) is 0 Å². The molecular weight excluding hydrogens is 347 g/mol. The van der Waals surface area contributed by atoms with Gasteiger partial charge in [-0.3, -0.25) is 20.4 Å². The van der Waals surface area contributed by atoms with Gasteiger partial charge < -0.3 is 4.42 Å². The van der Waals surface area contributed by atoms with E-state index in [1.807, 2.05) is 6.07 Å². The zero-order chi connectivity index (χ0) is 19.2. The lowest BCUT2D eigenvalue weighted by Crippen LogP contribution is -2.41. The number of aryl methyl sites for hydroxylation is 1. The lowest BCUT2D eigenvalue weighted by Gasteiger charge is -2.07. The van der Waals surface area contributed by atoms with Crippen LogP contribution in [0.4, 0.5) is 4.39 Å². The van der Waals surface area contributed by atoms with Gasteiger partial charge in [0.2, 0.25) is 0 Å². The van der Waals surface area contributed by atoms with E-state index in [1.54, 1.807) is 55.5 Å². The lowest BCUT2D eigenvalue weighted by atomic mass is 10.1. The minimum Gasteiger partial charge on any atom is -0.457 e. The summed E-state index contributed by atoms with van der Waals surface area (Å²) in [4.78, 5) is 23.9. The quantitative estimate of drug-likeness (QED) is 0.545. The van der Waals surface area contributed by atoms with E-state index in [-0.39, 0.29) is 5.82 Å². The molecule has 136 valence electrons. The normalized spacial score (nSPS) is 10.7. The zero-order valence-corrected chi connectivity index (χ0v) is 14.5. The molecule has 0 aliphatic heterocycles. The highest BCUT2D eigenvalue weighted by Crippen LogP contribution is 2.25. The largest absolute Gasteiger partial charge is 0.457 e. The first-order chi connectivity index (χ1) is 13.0. The van der Waals surface area contributed by atoms with Crippen LogP contribution >= 0.6 is 0 Å². The molecule has 5 nitrogen and oxygen atoms in total. The minimum absolute atomic E-state index is 0.340. The van der Waals surface area contributed by atoms with E-state index >= 15 is 0 Å². The third-order valence-corrected chi connectivity index (χ3v) is 3.85. The average Bonchev–Trinajstić information content (AvgIpc) is 3.14. The average molecular weight is 364 g/mol. The van der Waals surface area contributed by atoms with Crippen molar-refractivity contribution < 1.29 is 18.4 Å². The molecule has 0 fully saturated rings. The molecule has 0 bridgehead atoms. The number of halogens is 1. The fourth-order valence-electron chi connectivity index (χ4n) is 2.46. The molecule has 0 spiro atoms. The second kappa shape index (κ2) is 8.14. The maximum atomic E-state index is 13.8. The first kappa shape index (κ1) is 18.1. The van der Waals surface area contributed by atoms with E-state index < -0.39 is 11.8 Å². The van der Waals surface area contributed by atoms with Crippen molar-refractivity contribution in [3.63, 3.8) is 0 Å². The van der Waals surface area contributed by atoms with Gasteiger partial charge in [-0.1, -0.05) is 30.3 Å². The molecule has 2 N–H and O–H groups in total. The van der Waals surface area contributed by atoms with Crippen LogP contribution in [-0.4, -0.2) is 11.8 Å². The molecule has 0 saturated carbocycles. The maximum Gasteiger partial charge on any atom is 0.269 e. The number of nitrogens with one attached hydrogen (secondary N) is 2. The number of furan rings is 1. The van der Waals surface area contributed by atoms with E-state index in [4.69, 9.17) is 4.42 Å². The molecule has 0 saturated heterocycles. The van der Waals surface area contributed by atoms with Crippen molar-refractivity contribution in [2.75, 3.05) is 0 Å². The third-order valence-electron chi connectivity index (χ3n) is 3.85. The summed E-state index contributed by atoms with van der Waals surface area (Å²) in [5, 5.41) is 0. The van der Waals surface area contributed by atoms with Gasteiger partial charge >= 0.3 is 0 Å². The van der Waals surface area contributed by atoms with Crippen molar-refractivity contribution in [1.29, 1.82) is 0 Å². The van der Waals surface area contributed by atoms with E-state index in [0.717, 1.165) is 5.56 Å². The Bertz CT molecular complexity index is 1010. The van der Waals surface area contributed by atoms with Gasteiger partial charge in [-0.05, 0) is 48.9 Å². The van der Waals surface area contributed by atoms with Crippen LogP contribution < -0.4 is 10.9 Å². The Morgan fingerprint density at radius 3 is 2.48 bits per heavy atom. The van der Waals surface area contributed by atoms with Crippen LogP contribution in [0, 0.1) is 12.7 Å². The number of benzene rings is 2. The highest BCUT2D eigenvalue weighted by molar-refractivity contribution is 5.98. The summed E-state index contributed by atoms with van der Waals surface area (Å²) in [7, 11) is 0. The van der Waals surface area contributed by atoms with Crippen LogP contribution in [0.15, 0.2) is 71.2 Å². The van der Waals surface area contributed by atoms with Crippen molar-refractivity contribution in [2.24, 2.45) is 0 Å². The highest BCUT2D eigenvalue weighted by atomic mass is 19.1. The smallest absolute Gasteiger partial charge is 0.269 e. The topological polar surface area (TPSA) is 71.3 Å². The second-order valence-corrected chi connectivity index (χ2v) is 5.77. The Balaban J connectivity index is 1.59. The number of carbonyl (C=O) groups is 2. The molecule has 0 unspecified atom stereocenters. The molecule has 2 amide bonds. The predicted octanol–water partition coefficient (Wildman–Crippen LogP) is 3.87. The van der Waals surface area contributed by atoms with Crippen LogP contribution in [0.25, 0.3) is 17.4 Å². The van der Waals surface area contributed by atoms with Gasteiger partial charge in [0.25, 0.3) is 11.8 Å². The van der Waals surface area contributed by atoms with Gasteiger partial charge in [-0.2, -0.15) is 0 Å². The Kier molecular flexibility index (Phi) is 5.47. The monoisotopic (exact) mass is 364 g/mol.